The van der Waals surface area contributed by atoms with E-state index in [2.05, 4.69) is 117 Å². The van der Waals surface area contributed by atoms with E-state index in [0.29, 0.717) is 0 Å². The van der Waals surface area contributed by atoms with Gasteiger partial charge in [-0.3, -0.25) is 0 Å². The number of halogens is 1. The minimum Gasteiger partial charge on any atom is -1.00 e. The molecule has 0 aliphatic rings. The maximum Gasteiger partial charge on any atom is -0.412 e. The molecular formula is C24H31BrN2OTe. The number of nitrogens with zero attached hydrogens (tertiary/aromatic N) is 2. The number of rotatable bonds is 7. The summed E-state index contributed by atoms with van der Waals surface area (Å²) in [5.74, 6) is 0. The monoisotopic (exact) mass is 572 g/mol. The van der Waals surface area contributed by atoms with Crippen LogP contribution in [0.4, 0.5) is 0 Å². The Hall–Kier alpha value is -1.19. The Morgan fingerprint density at radius 2 is 0.966 bits per heavy atom. The summed E-state index contributed by atoms with van der Waals surface area (Å²) in [6.45, 7) is 1.96. The van der Waals surface area contributed by atoms with Crippen LogP contribution in [0.2, 0.25) is 0 Å². The fraction of sp³-hybridized carbons (Fsp3) is 0.250. The molecule has 0 radical (unpaired) electrons. The van der Waals surface area contributed by atoms with Crippen LogP contribution in [0.3, 0.4) is 0 Å². The van der Waals surface area contributed by atoms with E-state index in [9.17, 15) is 0 Å². The van der Waals surface area contributed by atoms with Crippen molar-refractivity contribution in [3.63, 3.8) is 0 Å². The molecule has 0 aliphatic heterocycles. The first-order valence-corrected chi connectivity index (χ1v) is 12.8. The standard InChI is InChI=1S/C24H29N2Te.BrH.H2O/c1-25(2)18-20-12-8-10-16-23(20)27(22-14-6-5-7-15-22)24-17-11-9-13-21(24)19-26(3)4;;/h5-17H,18-19H2,1-4H3;1H;1H2/q+1;;/p-1. The van der Waals surface area contributed by atoms with E-state index in [4.69, 9.17) is 0 Å². The van der Waals surface area contributed by atoms with E-state index in [-0.39, 0.29) is 22.5 Å². The number of benzene rings is 3. The normalized spacial score (nSPS) is 10.7. The van der Waals surface area contributed by atoms with Crippen molar-refractivity contribution in [1.82, 2.24) is 9.80 Å². The van der Waals surface area contributed by atoms with E-state index >= 15 is 0 Å². The molecule has 0 bridgehead atoms. The summed E-state index contributed by atoms with van der Waals surface area (Å²) >= 11 is -1.96. The molecule has 0 aliphatic carbocycles. The summed E-state index contributed by atoms with van der Waals surface area (Å²) in [6, 6.07) is 29.3. The van der Waals surface area contributed by atoms with Gasteiger partial charge in [0.2, 0.25) is 0 Å². The van der Waals surface area contributed by atoms with Crippen molar-refractivity contribution in [3.8, 4) is 0 Å². The van der Waals surface area contributed by atoms with Gasteiger partial charge < -0.3 is 22.5 Å². The van der Waals surface area contributed by atoms with E-state index in [1.165, 1.54) is 14.7 Å². The molecule has 5 heteroatoms. The fourth-order valence-corrected chi connectivity index (χ4v) is 10.1. The second-order valence-corrected chi connectivity index (χ2v) is 12.9. The molecule has 0 atom stereocenters. The molecule has 0 unspecified atom stereocenters. The Kier molecular flexibility index (Phi) is 11.1. The average Bonchev–Trinajstić information content (AvgIpc) is 2.65. The molecule has 0 saturated carbocycles. The molecule has 0 heterocycles. The Balaban J connectivity index is 0.00000210. The van der Waals surface area contributed by atoms with Crippen molar-refractivity contribution in [2.45, 2.75) is 13.1 Å². The minimum absolute atomic E-state index is 0. The summed E-state index contributed by atoms with van der Waals surface area (Å²) in [5.41, 5.74) is 2.92. The fourth-order valence-electron chi connectivity index (χ4n) is 3.28. The van der Waals surface area contributed by atoms with Gasteiger partial charge in [0, 0.05) is 0 Å². The molecule has 0 amide bonds. The molecule has 156 valence electrons. The SMILES string of the molecule is CN(C)Cc1ccccc1[Te+](c1ccccc1)c1ccccc1CN(C)C.O.[Br-]. The molecule has 0 aromatic heterocycles. The van der Waals surface area contributed by atoms with Crippen molar-refractivity contribution in [2.24, 2.45) is 0 Å². The van der Waals surface area contributed by atoms with Gasteiger partial charge in [-0.05, 0) is 0 Å². The zero-order valence-electron chi connectivity index (χ0n) is 17.6. The van der Waals surface area contributed by atoms with Crippen molar-refractivity contribution in [2.75, 3.05) is 28.2 Å². The first-order valence-electron chi connectivity index (χ1n) is 9.31. The van der Waals surface area contributed by atoms with Crippen LogP contribution < -0.4 is 27.8 Å². The Morgan fingerprint density at radius 3 is 1.38 bits per heavy atom. The molecule has 0 saturated heterocycles. The zero-order chi connectivity index (χ0) is 19.2. The quantitative estimate of drug-likeness (QED) is 0.325. The summed E-state index contributed by atoms with van der Waals surface area (Å²) in [6.07, 6.45) is 0. The average molecular weight is 571 g/mol. The van der Waals surface area contributed by atoms with Gasteiger partial charge in [0.1, 0.15) is 0 Å². The van der Waals surface area contributed by atoms with Gasteiger partial charge in [-0.25, -0.2) is 0 Å². The van der Waals surface area contributed by atoms with E-state index in [1.54, 1.807) is 7.22 Å². The second kappa shape index (κ2) is 12.5. The van der Waals surface area contributed by atoms with E-state index in [1.807, 2.05) is 0 Å². The van der Waals surface area contributed by atoms with Crippen LogP contribution >= 0.6 is 0 Å². The molecule has 2 N–H and O–H groups in total. The zero-order valence-corrected chi connectivity index (χ0v) is 21.5. The Labute approximate surface area is 193 Å². The third-order valence-corrected chi connectivity index (χ3v) is 11.2. The molecule has 3 nitrogen and oxygen atoms in total. The van der Waals surface area contributed by atoms with Crippen LogP contribution in [0.5, 0.6) is 0 Å². The topological polar surface area (TPSA) is 38.0 Å². The molecule has 0 fully saturated rings. The summed E-state index contributed by atoms with van der Waals surface area (Å²) in [4.78, 5) is 4.54. The first kappa shape index (κ1) is 25.8. The molecule has 3 aromatic carbocycles. The number of hydrogen-bond donors (Lipinski definition) is 0. The maximum absolute atomic E-state index is 2.37. The van der Waals surface area contributed by atoms with E-state index in [0.717, 1.165) is 13.1 Å². The third kappa shape index (κ3) is 6.93. The summed E-state index contributed by atoms with van der Waals surface area (Å²) < 4.78 is 4.64. The predicted octanol–water partition coefficient (Wildman–Crippen LogP) is -1.49. The summed E-state index contributed by atoms with van der Waals surface area (Å²) in [5, 5.41) is 0. The Morgan fingerprint density at radius 1 is 0.586 bits per heavy atom. The summed E-state index contributed by atoms with van der Waals surface area (Å²) in [7, 11) is 8.61. The van der Waals surface area contributed by atoms with Gasteiger partial charge in [0.15, 0.2) is 0 Å². The molecular weight excluding hydrogens is 540 g/mol. The first-order chi connectivity index (χ1) is 13.1. The van der Waals surface area contributed by atoms with Crippen molar-refractivity contribution in [1.29, 1.82) is 0 Å². The predicted molar refractivity (Wildman–Crippen MR) is 122 cm³/mol. The molecule has 3 rings (SSSR count). The van der Waals surface area contributed by atoms with Gasteiger partial charge in [-0.15, -0.1) is 0 Å². The van der Waals surface area contributed by atoms with Gasteiger partial charge >= 0.3 is 171 Å². The molecule has 0 spiro atoms. The third-order valence-electron chi connectivity index (χ3n) is 4.34. The minimum atomic E-state index is -1.96. The van der Waals surface area contributed by atoms with Crippen LogP contribution in [0.25, 0.3) is 0 Å². The van der Waals surface area contributed by atoms with Crippen molar-refractivity contribution < 1.29 is 22.5 Å². The van der Waals surface area contributed by atoms with Gasteiger partial charge in [-0.2, -0.15) is 0 Å². The molecule has 29 heavy (non-hydrogen) atoms. The Bertz CT molecular complexity index is 818. The van der Waals surface area contributed by atoms with Crippen molar-refractivity contribution in [3.05, 3.63) is 90.0 Å². The smallest absolute Gasteiger partial charge is 0.412 e. The second-order valence-electron chi connectivity index (χ2n) is 7.31. The van der Waals surface area contributed by atoms with Gasteiger partial charge in [0.25, 0.3) is 0 Å². The van der Waals surface area contributed by atoms with Crippen LogP contribution in [0, 0.1) is 0 Å². The van der Waals surface area contributed by atoms with Crippen LogP contribution in [-0.2, 0) is 13.1 Å². The van der Waals surface area contributed by atoms with Crippen LogP contribution in [0.15, 0.2) is 78.9 Å². The van der Waals surface area contributed by atoms with Crippen LogP contribution in [-0.4, -0.2) is 63.0 Å². The van der Waals surface area contributed by atoms with Gasteiger partial charge in [-0.1, -0.05) is 0 Å². The molecule has 3 aromatic rings. The van der Waals surface area contributed by atoms with Crippen LogP contribution in [0.1, 0.15) is 11.1 Å². The number of hydrogen-bond acceptors (Lipinski definition) is 2. The maximum atomic E-state index is 2.37. The van der Waals surface area contributed by atoms with E-state index < -0.39 is 19.6 Å². The van der Waals surface area contributed by atoms with Crippen molar-refractivity contribution >= 4 is 30.4 Å². The largest absolute Gasteiger partial charge is 1.00 e. The van der Waals surface area contributed by atoms with Gasteiger partial charge in [0.05, 0.1) is 0 Å².